The second kappa shape index (κ2) is 8.15. The quantitative estimate of drug-likeness (QED) is 0.861. The van der Waals surface area contributed by atoms with Crippen LogP contribution in [0.4, 0.5) is 18.3 Å². The number of amides is 1. The van der Waals surface area contributed by atoms with E-state index >= 15 is 0 Å². The highest BCUT2D eigenvalue weighted by molar-refractivity contribution is 7.13. The van der Waals surface area contributed by atoms with Crippen molar-refractivity contribution in [1.82, 2.24) is 14.8 Å². The lowest BCUT2D eigenvalue weighted by atomic mass is 10.1. The summed E-state index contributed by atoms with van der Waals surface area (Å²) in [5.74, 6) is -0.105. The number of hydrogen-bond donors (Lipinski definition) is 1. The predicted octanol–water partition coefficient (Wildman–Crippen LogP) is 2.92. The van der Waals surface area contributed by atoms with Gasteiger partial charge in [0.25, 0.3) is 0 Å². The largest absolute Gasteiger partial charge is 0.416 e. The highest BCUT2D eigenvalue weighted by atomic mass is 32.1. The molecule has 2 aromatic rings. The summed E-state index contributed by atoms with van der Waals surface area (Å²) < 4.78 is 38.4. The lowest BCUT2D eigenvalue weighted by Crippen LogP contribution is -2.48. The number of nitrogens with zero attached hydrogens (tertiary/aromatic N) is 3. The second-order valence-electron chi connectivity index (χ2n) is 6.14. The van der Waals surface area contributed by atoms with Gasteiger partial charge in [-0.05, 0) is 11.6 Å². The minimum Gasteiger partial charge on any atom is -0.301 e. The van der Waals surface area contributed by atoms with Crippen LogP contribution in [0.25, 0.3) is 0 Å². The second-order valence-corrected chi connectivity index (χ2v) is 7.03. The maximum absolute atomic E-state index is 12.8. The molecule has 140 valence electrons. The van der Waals surface area contributed by atoms with Crippen LogP contribution < -0.4 is 5.32 Å². The smallest absolute Gasteiger partial charge is 0.301 e. The molecule has 26 heavy (non-hydrogen) atoms. The van der Waals surface area contributed by atoms with Crippen molar-refractivity contribution in [3.05, 3.63) is 47.0 Å². The number of piperazine rings is 1. The van der Waals surface area contributed by atoms with Crippen molar-refractivity contribution in [2.45, 2.75) is 12.7 Å². The molecule has 1 N–H and O–H groups in total. The van der Waals surface area contributed by atoms with Crippen molar-refractivity contribution in [3.8, 4) is 0 Å². The fourth-order valence-electron chi connectivity index (χ4n) is 2.86. The van der Waals surface area contributed by atoms with Gasteiger partial charge in [-0.15, -0.1) is 11.3 Å². The molecule has 1 aromatic carbocycles. The first-order chi connectivity index (χ1) is 12.4. The van der Waals surface area contributed by atoms with Crippen molar-refractivity contribution in [2.24, 2.45) is 0 Å². The Labute approximate surface area is 153 Å². The number of halogens is 3. The number of hydrogen-bond acceptors (Lipinski definition) is 5. The number of nitrogens with one attached hydrogen (secondary N) is 1. The molecule has 0 aliphatic carbocycles. The van der Waals surface area contributed by atoms with E-state index in [9.17, 15) is 18.0 Å². The Morgan fingerprint density at radius 1 is 1.19 bits per heavy atom. The maximum atomic E-state index is 12.8. The molecule has 1 fully saturated rings. The molecule has 0 radical (unpaired) electrons. The number of aromatic nitrogens is 1. The van der Waals surface area contributed by atoms with Gasteiger partial charge in [0.05, 0.1) is 12.1 Å². The minimum atomic E-state index is -4.32. The predicted molar refractivity (Wildman–Crippen MR) is 93.9 cm³/mol. The highest BCUT2D eigenvalue weighted by Crippen LogP contribution is 2.29. The van der Waals surface area contributed by atoms with Gasteiger partial charge in [0.15, 0.2) is 5.13 Å². The van der Waals surface area contributed by atoms with E-state index in [2.05, 4.69) is 15.2 Å². The van der Waals surface area contributed by atoms with E-state index in [-0.39, 0.29) is 12.5 Å². The molecule has 1 aliphatic heterocycles. The molecule has 2 heterocycles. The third kappa shape index (κ3) is 5.26. The molecular formula is C17H19F3N4OS. The molecule has 5 nitrogen and oxygen atoms in total. The molecular weight excluding hydrogens is 365 g/mol. The van der Waals surface area contributed by atoms with Crippen molar-refractivity contribution in [3.63, 3.8) is 0 Å². The van der Waals surface area contributed by atoms with Crippen molar-refractivity contribution < 1.29 is 18.0 Å². The Bertz CT molecular complexity index is 728. The first kappa shape index (κ1) is 18.8. The molecule has 3 rings (SSSR count). The summed E-state index contributed by atoms with van der Waals surface area (Å²) in [6.07, 6.45) is -2.69. The van der Waals surface area contributed by atoms with Gasteiger partial charge in [0.1, 0.15) is 0 Å². The van der Waals surface area contributed by atoms with E-state index in [4.69, 9.17) is 0 Å². The molecule has 1 amide bonds. The highest BCUT2D eigenvalue weighted by Gasteiger charge is 2.30. The molecule has 0 saturated carbocycles. The van der Waals surface area contributed by atoms with Gasteiger partial charge in [-0.25, -0.2) is 4.98 Å². The average Bonchev–Trinajstić information content (AvgIpc) is 3.09. The third-order valence-electron chi connectivity index (χ3n) is 4.17. The van der Waals surface area contributed by atoms with Crippen LogP contribution in [0.2, 0.25) is 0 Å². The summed E-state index contributed by atoms with van der Waals surface area (Å²) >= 11 is 1.37. The molecule has 1 aliphatic rings. The summed E-state index contributed by atoms with van der Waals surface area (Å²) in [6.45, 7) is 3.58. The molecule has 9 heteroatoms. The maximum Gasteiger partial charge on any atom is 0.416 e. The summed E-state index contributed by atoms with van der Waals surface area (Å²) in [5.41, 5.74) is 0.0299. The number of carbonyl (C=O) groups excluding carboxylic acids is 1. The molecule has 0 spiro atoms. The molecule has 0 bridgehead atoms. The van der Waals surface area contributed by atoms with Crippen LogP contribution >= 0.6 is 11.3 Å². The lowest BCUT2D eigenvalue weighted by molar-refractivity contribution is -0.137. The average molecular weight is 384 g/mol. The number of benzene rings is 1. The van der Waals surface area contributed by atoms with E-state index in [0.29, 0.717) is 43.4 Å². The van der Waals surface area contributed by atoms with Crippen LogP contribution in [0.1, 0.15) is 11.1 Å². The van der Waals surface area contributed by atoms with E-state index < -0.39 is 11.7 Å². The molecule has 0 unspecified atom stereocenters. The number of carbonyl (C=O) groups is 1. The van der Waals surface area contributed by atoms with Crippen LogP contribution in [0.5, 0.6) is 0 Å². The van der Waals surface area contributed by atoms with Crippen molar-refractivity contribution in [2.75, 3.05) is 38.0 Å². The van der Waals surface area contributed by atoms with Gasteiger partial charge in [-0.2, -0.15) is 13.2 Å². The van der Waals surface area contributed by atoms with Crippen molar-refractivity contribution in [1.29, 1.82) is 0 Å². The molecule has 1 aromatic heterocycles. The number of thiazole rings is 1. The Hall–Kier alpha value is -1.97. The number of alkyl halides is 3. The fourth-order valence-corrected chi connectivity index (χ4v) is 3.40. The van der Waals surface area contributed by atoms with Crippen LogP contribution in [-0.4, -0.2) is 53.4 Å². The van der Waals surface area contributed by atoms with Crippen molar-refractivity contribution >= 4 is 22.4 Å². The fraction of sp³-hybridized carbons (Fsp3) is 0.412. The van der Waals surface area contributed by atoms with Gasteiger partial charge in [-0.3, -0.25) is 14.6 Å². The SMILES string of the molecule is O=C(CN1CCN(Cc2cccc(C(F)(F)F)c2)CC1)Nc1nccs1. The Morgan fingerprint density at radius 3 is 2.58 bits per heavy atom. The van der Waals surface area contributed by atoms with Crippen LogP contribution in [0, 0.1) is 0 Å². The van der Waals surface area contributed by atoms with Gasteiger partial charge >= 0.3 is 6.18 Å². The van der Waals surface area contributed by atoms with E-state index in [1.54, 1.807) is 17.6 Å². The summed E-state index contributed by atoms with van der Waals surface area (Å²) in [6, 6.07) is 5.44. The van der Waals surface area contributed by atoms with Crippen LogP contribution in [0.15, 0.2) is 35.8 Å². The summed E-state index contributed by atoms with van der Waals surface area (Å²) in [5, 5.41) is 5.12. The first-order valence-corrected chi connectivity index (χ1v) is 9.08. The molecule has 0 atom stereocenters. The first-order valence-electron chi connectivity index (χ1n) is 8.20. The Morgan fingerprint density at radius 2 is 1.92 bits per heavy atom. The minimum absolute atomic E-state index is 0.105. The third-order valence-corrected chi connectivity index (χ3v) is 4.86. The van der Waals surface area contributed by atoms with Crippen LogP contribution in [0.3, 0.4) is 0 Å². The molecule has 1 saturated heterocycles. The Balaban J connectivity index is 1.46. The zero-order valence-corrected chi connectivity index (χ0v) is 14.8. The van der Waals surface area contributed by atoms with Gasteiger partial charge in [0.2, 0.25) is 5.91 Å². The Kier molecular flexibility index (Phi) is 5.90. The standard InChI is InChI=1S/C17H19F3N4OS/c18-17(19,20)14-3-1-2-13(10-14)11-23-5-7-24(8-6-23)12-15(25)22-16-21-4-9-26-16/h1-4,9-10H,5-8,11-12H2,(H,21,22,25). The van der Waals surface area contributed by atoms with E-state index in [1.807, 2.05) is 4.90 Å². The number of rotatable bonds is 5. The van der Waals surface area contributed by atoms with E-state index in [0.717, 1.165) is 6.07 Å². The lowest BCUT2D eigenvalue weighted by Gasteiger charge is -2.34. The van der Waals surface area contributed by atoms with E-state index in [1.165, 1.54) is 23.5 Å². The summed E-state index contributed by atoms with van der Waals surface area (Å²) in [4.78, 5) is 20.1. The monoisotopic (exact) mass is 384 g/mol. The van der Waals surface area contributed by atoms with Crippen LogP contribution in [-0.2, 0) is 17.5 Å². The zero-order chi connectivity index (χ0) is 18.6. The van der Waals surface area contributed by atoms with Gasteiger partial charge in [-0.1, -0.05) is 18.2 Å². The topological polar surface area (TPSA) is 48.5 Å². The zero-order valence-electron chi connectivity index (χ0n) is 14.0. The normalized spacial score (nSPS) is 16.6. The van der Waals surface area contributed by atoms with Gasteiger partial charge < -0.3 is 5.32 Å². The summed E-state index contributed by atoms with van der Waals surface area (Å²) in [7, 11) is 0. The number of anilines is 1. The van der Waals surface area contributed by atoms with Gasteiger partial charge in [0, 0.05) is 44.3 Å².